The molecular formula is C10H11F4N. The van der Waals surface area contributed by atoms with Crippen LogP contribution in [0.25, 0.3) is 0 Å². The average molecular weight is 221 g/mol. The second-order valence-corrected chi connectivity index (χ2v) is 3.36. The molecular weight excluding hydrogens is 210 g/mol. The molecule has 15 heavy (non-hydrogen) atoms. The average Bonchev–Trinajstić information content (AvgIpc) is 2.15. The molecule has 2 N–H and O–H groups in total. The van der Waals surface area contributed by atoms with Crippen LogP contribution < -0.4 is 5.73 Å². The second kappa shape index (κ2) is 4.18. The van der Waals surface area contributed by atoms with Gasteiger partial charge in [-0.05, 0) is 18.1 Å². The van der Waals surface area contributed by atoms with Gasteiger partial charge < -0.3 is 5.73 Å². The molecule has 1 rings (SSSR count). The van der Waals surface area contributed by atoms with Crippen molar-refractivity contribution in [1.29, 1.82) is 0 Å². The molecule has 0 bridgehead atoms. The summed E-state index contributed by atoms with van der Waals surface area (Å²) in [5, 5.41) is 0. The first kappa shape index (κ1) is 12.0. The predicted octanol–water partition coefficient (Wildman–Crippen LogP) is 3.28. The Bertz CT molecular complexity index is 332. The van der Waals surface area contributed by atoms with Crippen molar-refractivity contribution < 1.29 is 17.6 Å². The van der Waals surface area contributed by atoms with Crippen molar-refractivity contribution in [3.8, 4) is 0 Å². The molecule has 1 aromatic rings. The van der Waals surface area contributed by atoms with Crippen LogP contribution >= 0.6 is 0 Å². The molecule has 0 fully saturated rings. The summed E-state index contributed by atoms with van der Waals surface area (Å²) in [7, 11) is 0. The first-order valence-corrected chi connectivity index (χ1v) is 4.38. The smallest absolute Gasteiger partial charge is 0.324 e. The number of benzene rings is 1. The van der Waals surface area contributed by atoms with Crippen molar-refractivity contribution in [2.75, 3.05) is 0 Å². The van der Waals surface area contributed by atoms with E-state index in [9.17, 15) is 17.6 Å². The van der Waals surface area contributed by atoms with Gasteiger partial charge in [0.15, 0.2) is 0 Å². The first-order chi connectivity index (χ1) is 6.82. The van der Waals surface area contributed by atoms with Gasteiger partial charge in [0, 0.05) is 6.04 Å². The summed E-state index contributed by atoms with van der Waals surface area (Å²) in [6, 6.07) is 4.77. The Morgan fingerprint density at radius 2 is 1.73 bits per heavy atom. The SMILES string of the molecule is CC(N)c1cccc(C(F)C(F)(F)F)c1. The highest BCUT2D eigenvalue weighted by Crippen LogP contribution is 2.36. The molecule has 0 spiro atoms. The number of hydrogen-bond donors (Lipinski definition) is 1. The van der Waals surface area contributed by atoms with E-state index in [2.05, 4.69) is 0 Å². The van der Waals surface area contributed by atoms with E-state index in [-0.39, 0.29) is 0 Å². The molecule has 0 aliphatic heterocycles. The summed E-state index contributed by atoms with van der Waals surface area (Å²) in [6.45, 7) is 1.62. The van der Waals surface area contributed by atoms with Gasteiger partial charge in [-0.25, -0.2) is 4.39 Å². The minimum Gasteiger partial charge on any atom is -0.324 e. The summed E-state index contributed by atoms with van der Waals surface area (Å²) >= 11 is 0. The van der Waals surface area contributed by atoms with Crippen molar-refractivity contribution in [3.63, 3.8) is 0 Å². The zero-order valence-corrected chi connectivity index (χ0v) is 8.05. The van der Waals surface area contributed by atoms with Gasteiger partial charge >= 0.3 is 6.18 Å². The third-order valence-corrected chi connectivity index (χ3v) is 2.02. The zero-order valence-electron chi connectivity index (χ0n) is 8.05. The van der Waals surface area contributed by atoms with Gasteiger partial charge in [-0.15, -0.1) is 0 Å². The summed E-state index contributed by atoms with van der Waals surface area (Å²) in [4.78, 5) is 0. The number of alkyl halides is 4. The Morgan fingerprint density at radius 1 is 1.20 bits per heavy atom. The molecule has 0 aliphatic rings. The van der Waals surface area contributed by atoms with Gasteiger partial charge in [-0.1, -0.05) is 24.3 Å². The normalized spacial score (nSPS) is 16.1. The first-order valence-electron chi connectivity index (χ1n) is 4.38. The number of nitrogens with two attached hydrogens (primary N) is 1. The van der Waals surface area contributed by atoms with E-state index in [4.69, 9.17) is 5.73 Å². The number of rotatable bonds is 2. The zero-order chi connectivity index (χ0) is 11.6. The van der Waals surface area contributed by atoms with Gasteiger partial charge in [-0.3, -0.25) is 0 Å². The van der Waals surface area contributed by atoms with Crippen LogP contribution in [0.15, 0.2) is 24.3 Å². The van der Waals surface area contributed by atoms with Crippen LogP contribution in [0.1, 0.15) is 30.3 Å². The van der Waals surface area contributed by atoms with Gasteiger partial charge in [-0.2, -0.15) is 13.2 Å². The Kier molecular flexibility index (Phi) is 3.34. The lowest BCUT2D eigenvalue weighted by Gasteiger charge is -2.14. The van der Waals surface area contributed by atoms with Crippen LogP contribution in [-0.2, 0) is 0 Å². The van der Waals surface area contributed by atoms with E-state index in [1.807, 2.05) is 0 Å². The highest BCUT2D eigenvalue weighted by molar-refractivity contribution is 5.27. The molecule has 1 nitrogen and oxygen atoms in total. The number of hydrogen-bond acceptors (Lipinski definition) is 1. The van der Waals surface area contributed by atoms with Gasteiger partial charge in [0.25, 0.3) is 0 Å². The maximum absolute atomic E-state index is 12.9. The highest BCUT2D eigenvalue weighted by Gasteiger charge is 2.41. The topological polar surface area (TPSA) is 26.0 Å². The monoisotopic (exact) mass is 221 g/mol. The van der Waals surface area contributed by atoms with E-state index in [1.165, 1.54) is 6.07 Å². The van der Waals surface area contributed by atoms with E-state index in [0.717, 1.165) is 12.1 Å². The molecule has 0 aromatic heterocycles. The standard InChI is InChI=1S/C10H11F4N/c1-6(15)7-3-2-4-8(5-7)9(11)10(12,13)14/h2-6,9H,15H2,1H3. The van der Waals surface area contributed by atoms with Crippen LogP contribution in [0.4, 0.5) is 17.6 Å². The van der Waals surface area contributed by atoms with Crippen molar-refractivity contribution >= 4 is 0 Å². The summed E-state index contributed by atoms with van der Waals surface area (Å²) in [5.41, 5.74) is 5.57. The molecule has 0 saturated carbocycles. The fourth-order valence-corrected chi connectivity index (χ4v) is 1.19. The molecule has 0 aliphatic carbocycles. The second-order valence-electron chi connectivity index (χ2n) is 3.36. The van der Waals surface area contributed by atoms with Crippen LogP contribution in [-0.4, -0.2) is 6.18 Å². The quantitative estimate of drug-likeness (QED) is 0.762. The summed E-state index contributed by atoms with van der Waals surface area (Å²) in [5.74, 6) is 0. The van der Waals surface area contributed by atoms with Gasteiger partial charge in [0.05, 0.1) is 0 Å². The molecule has 0 radical (unpaired) electrons. The molecule has 0 saturated heterocycles. The lowest BCUT2D eigenvalue weighted by molar-refractivity contribution is -0.182. The minimum absolute atomic E-state index is 0.405. The Labute approximate surface area is 84.9 Å². The highest BCUT2D eigenvalue weighted by atomic mass is 19.4. The largest absolute Gasteiger partial charge is 0.423 e. The van der Waals surface area contributed by atoms with Crippen molar-refractivity contribution in [3.05, 3.63) is 35.4 Å². The molecule has 2 unspecified atom stereocenters. The van der Waals surface area contributed by atoms with Crippen LogP contribution in [0.5, 0.6) is 0 Å². The maximum Gasteiger partial charge on any atom is 0.423 e. The summed E-state index contributed by atoms with van der Waals surface area (Å²) < 4.78 is 49.1. The number of halogens is 4. The van der Waals surface area contributed by atoms with E-state index in [0.29, 0.717) is 5.56 Å². The third-order valence-electron chi connectivity index (χ3n) is 2.02. The van der Waals surface area contributed by atoms with E-state index < -0.39 is 24.0 Å². The lowest BCUT2D eigenvalue weighted by Crippen LogP contribution is -2.17. The third kappa shape index (κ3) is 2.92. The van der Waals surface area contributed by atoms with Gasteiger partial charge in [0.1, 0.15) is 0 Å². The minimum atomic E-state index is -4.86. The Morgan fingerprint density at radius 3 is 2.20 bits per heavy atom. The maximum atomic E-state index is 12.9. The molecule has 1 aromatic carbocycles. The summed E-state index contributed by atoms with van der Waals surface area (Å²) in [6.07, 6.45) is -7.81. The van der Waals surface area contributed by atoms with E-state index >= 15 is 0 Å². The molecule has 0 heterocycles. The lowest BCUT2D eigenvalue weighted by atomic mass is 10.0. The molecule has 84 valence electrons. The van der Waals surface area contributed by atoms with Crippen molar-refractivity contribution in [1.82, 2.24) is 0 Å². The van der Waals surface area contributed by atoms with Crippen molar-refractivity contribution in [2.45, 2.75) is 25.3 Å². The van der Waals surface area contributed by atoms with Gasteiger partial charge in [0.2, 0.25) is 6.17 Å². The van der Waals surface area contributed by atoms with Crippen LogP contribution in [0.2, 0.25) is 0 Å². The fraction of sp³-hybridized carbons (Fsp3) is 0.400. The Balaban J connectivity index is 3.00. The molecule has 2 atom stereocenters. The van der Waals surface area contributed by atoms with Crippen molar-refractivity contribution in [2.24, 2.45) is 5.73 Å². The van der Waals surface area contributed by atoms with E-state index in [1.54, 1.807) is 13.0 Å². The van der Waals surface area contributed by atoms with Crippen LogP contribution in [0.3, 0.4) is 0 Å². The predicted molar refractivity (Wildman–Crippen MR) is 48.9 cm³/mol. The Hall–Kier alpha value is -1.10. The van der Waals surface area contributed by atoms with Crippen LogP contribution in [0, 0.1) is 0 Å². The fourth-order valence-electron chi connectivity index (χ4n) is 1.19. The molecule has 0 amide bonds. The molecule has 5 heteroatoms.